The molecule has 2 aliphatic carbocycles. The van der Waals surface area contributed by atoms with Crippen molar-refractivity contribution in [2.24, 2.45) is 17.3 Å². The maximum atomic E-state index is 10.5. The van der Waals surface area contributed by atoms with Crippen molar-refractivity contribution in [3.63, 3.8) is 0 Å². The number of aliphatic hydroxyl groups excluding tert-OH is 2. The monoisotopic (exact) mass is 354 g/mol. The number of hydrogen-bond donors (Lipinski definition) is 2. The van der Waals surface area contributed by atoms with Crippen LogP contribution in [-0.4, -0.2) is 35.6 Å². The van der Waals surface area contributed by atoms with E-state index < -0.39 is 12.2 Å². The lowest BCUT2D eigenvalue weighted by Crippen LogP contribution is -2.35. The Bertz CT molecular complexity index is 703. The van der Waals surface area contributed by atoms with Crippen molar-refractivity contribution >= 4 is 0 Å². The summed E-state index contributed by atoms with van der Waals surface area (Å²) in [7, 11) is 0. The van der Waals surface area contributed by atoms with Crippen LogP contribution in [0.5, 0.6) is 0 Å². The highest BCUT2D eigenvalue weighted by atomic mass is 16.5. The molecule has 4 rings (SSSR count). The standard InChI is InChI=1S/C22H26O4/c23-20-18-11-22(18,15-26-13-17-9-5-2-6-10-17)19(21(20)24)14-25-12-16-7-3-1-4-8-16/h1-10,18-21,23-24H,11-15H2/t18-,19+,20+,21-,22+/m1/s1. The molecule has 2 aromatic rings. The van der Waals surface area contributed by atoms with Gasteiger partial charge in [-0.3, -0.25) is 0 Å². The van der Waals surface area contributed by atoms with E-state index in [4.69, 9.17) is 9.47 Å². The van der Waals surface area contributed by atoms with Gasteiger partial charge in [-0.15, -0.1) is 0 Å². The Morgan fingerprint density at radius 3 is 2.00 bits per heavy atom. The van der Waals surface area contributed by atoms with Crippen molar-refractivity contribution in [2.75, 3.05) is 13.2 Å². The van der Waals surface area contributed by atoms with Gasteiger partial charge in [0.05, 0.1) is 38.6 Å². The van der Waals surface area contributed by atoms with Gasteiger partial charge < -0.3 is 19.7 Å². The number of aliphatic hydroxyl groups is 2. The summed E-state index contributed by atoms with van der Waals surface area (Å²) in [6.45, 7) is 2.07. The fourth-order valence-corrected chi connectivity index (χ4v) is 4.40. The van der Waals surface area contributed by atoms with Crippen LogP contribution in [0.3, 0.4) is 0 Å². The molecule has 0 aliphatic heterocycles. The van der Waals surface area contributed by atoms with E-state index in [0.29, 0.717) is 26.4 Å². The molecular weight excluding hydrogens is 328 g/mol. The third-order valence-corrected chi connectivity index (χ3v) is 5.98. The lowest BCUT2D eigenvalue weighted by molar-refractivity contribution is -0.0496. The van der Waals surface area contributed by atoms with Crippen LogP contribution in [-0.2, 0) is 22.7 Å². The Kier molecular flexibility index (Phi) is 5.09. The van der Waals surface area contributed by atoms with E-state index in [1.54, 1.807) is 0 Å². The van der Waals surface area contributed by atoms with Gasteiger partial charge >= 0.3 is 0 Å². The minimum absolute atomic E-state index is 0.0815. The van der Waals surface area contributed by atoms with E-state index in [-0.39, 0.29) is 17.3 Å². The largest absolute Gasteiger partial charge is 0.390 e. The number of ether oxygens (including phenoxy) is 2. The van der Waals surface area contributed by atoms with Gasteiger partial charge in [0.2, 0.25) is 0 Å². The topological polar surface area (TPSA) is 58.9 Å². The Morgan fingerprint density at radius 1 is 0.808 bits per heavy atom. The van der Waals surface area contributed by atoms with Crippen LogP contribution in [0.15, 0.2) is 60.7 Å². The normalized spacial score (nSPS) is 32.4. The van der Waals surface area contributed by atoms with Crippen LogP contribution in [0.4, 0.5) is 0 Å². The molecule has 0 amide bonds. The molecule has 0 spiro atoms. The Hall–Kier alpha value is -1.72. The summed E-state index contributed by atoms with van der Waals surface area (Å²) >= 11 is 0. The number of rotatable bonds is 8. The average Bonchev–Trinajstić information content (AvgIpc) is 3.36. The lowest BCUT2D eigenvalue weighted by Gasteiger charge is -2.27. The molecule has 5 atom stereocenters. The molecular formula is C22H26O4. The lowest BCUT2D eigenvalue weighted by atomic mass is 9.90. The first kappa shape index (κ1) is 17.7. The second-order valence-electron chi connectivity index (χ2n) is 7.61. The number of hydrogen-bond acceptors (Lipinski definition) is 4. The van der Waals surface area contributed by atoms with Gasteiger partial charge in [-0.1, -0.05) is 60.7 Å². The van der Waals surface area contributed by atoms with Crippen LogP contribution < -0.4 is 0 Å². The Morgan fingerprint density at radius 2 is 1.38 bits per heavy atom. The minimum atomic E-state index is -0.732. The summed E-state index contributed by atoms with van der Waals surface area (Å²) in [5.41, 5.74) is 2.10. The molecule has 4 heteroatoms. The summed E-state index contributed by atoms with van der Waals surface area (Å²) in [4.78, 5) is 0. The fourth-order valence-electron chi connectivity index (χ4n) is 4.40. The van der Waals surface area contributed by atoms with Crippen molar-refractivity contribution in [3.8, 4) is 0 Å². The highest BCUT2D eigenvalue weighted by molar-refractivity contribution is 5.19. The summed E-state index contributed by atoms with van der Waals surface area (Å²) in [6.07, 6.45) is -0.496. The number of benzene rings is 2. The molecule has 26 heavy (non-hydrogen) atoms. The van der Waals surface area contributed by atoms with Crippen molar-refractivity contribution in [3.05, 3.63) is 71.8 Å². The van der Waals surface area contributed by atoms with Crippen molar-refractivity contribution in [2.45, 2.75) is 31.8 Å². The summed E-state index contributed by atoms with van der Waals surface area (Å²) in [5, 5.41) is 20.8. The van der Waals surface area contributed by atoms with Crippen LogP contribution in [0.2, 0.25) is 0 Å². The maximum Gasteiger partial charge on any atom is 0.0858 e. The van der Waals surface area contributed by atoms with E-state index in [0.717, 1.165) is 17.5 Å². The SMILES string of the molecule is O[C@@H]1[C@H](O)[C@H](COCc2ccccc2)[C@]2(COCc3ccccc3)C[C@H]12. The van der Waals surface area contributed by atoms with Crippen molar-refractivity contribution in [1.82, 2.24) is 0 Å². The predicted octanol–water partition coefficient (Wildman–Crippen LogP) is 2.78. The molecule has 4 nitrogen and oxygen atoms in total. The van der Waals surface area contributed by atoms with E-state index >= 15 is 0 Å². The molecule has 0 radical (unpaired) electrons. The molecule has 0 aromatic heterocycles. The van der Waals surface area contributed by atoms with Gasteiger partial charge in [0, 0.05) is 11.3 Å². The molecule has 2 saturated carbocycles. The first-order valence-corrected chi connectivity index (χ1v) is 9.30. The molecule has 0 bridgehead atoms. The smallest absolute Gasteiger partial charge is 0.0858 e. The minimum Gasteiger partial charge on any atom is -0.390 e. The van der Waals surface area contributed by atoms with E-state index in [1.165, 1.54) is 0 Å². The summed E-state index contributed by atoms with van der Waals surface area (Å²) in [5.74, 6) is 0.0422. The maximum absolute atomic E-state index is 10.5. The molecule has 0 saturated heterocycles. The van der Waals surface area contributed by atoms with E-state index in [9.17, 15) is 10.2 Å². The van der Waals surface area contributed by atoms with Crippen molar-refractivity contribution < 1.29 is 19.7 Å². The molecule has 138 valence electrons. The second kappa shape index (κ2) is 7.49. The van der Waals surface area contributed by atoms with Crippen molar-refractivity contribution in [1.29, 1.82) is 0 Å². The zero-order valence-electron chi connectivity index (χ0n) is 14.8. The zero-order valence-corrected chi connectivity index (χ0v) is 14.8. The molecule has 0 unspecified atom stereocenters. The summed E-state index contributed by atoms with van der Waals surface area (Å²) < 4.78 is 11.8. The van der Waals surface area contributed by atoms with Crippen LogP contribution in [0.25, 0.3) is 0 Å². The molecule has 2 N–H and O–H groups in total. The van der Waals surface area contributed by atoms with E-state index in [2.05, 4.69) is 0 Å². The van der Waals surface area contributed by atoms with Crippen LogP contribution in [0, 0.1) is 17.3 Å². The quantitative estimate of drug-likeness (QED) is 0.765. The van der Waals surface area contributed by atoms with Crippen LogP contribution in [0.1, 0.15) is 17.5 Å². The molecule has 2 aliphatic rings. The Labute approximate surface area is 154 Å². The second-order valence-corrected chi connectivity index (χ2v) is 7.61. The fraction of sp³-hybridized carbons (Fsp3) is 0.455. The van der Waals surface area contributed by atoms with Gasteiger partial charge in [0.25, 0.3) is 0 Å². The third kappa shape index (κ3) is 3.42. The number of fused-ring (bicyclic) bond motifs is 1. The third-order valence-electron chi connectivity index (χ3n) is 5.98. The van der Waals surface area contributed by atoms with Gasteiger partial charge in [-0.05, 0) is 23.5 Å². The molecule has 0 heterocycles. The molecule has 2 aromatic carbocycles. The first-order valence-electron chi connectivity index (χ1n) is 9.30. The van der Waals surface area contributed by atoms with Gasteiger partial charge in [0.1, 0.15) is 0 Å². The highest BCUT2D eigenvalue weighted by Gasteiger charge is 2.70. The van der Waals surface area contributed by atoms with Crippen LogP contribution >= 0.6 is 0 Å². The van der Waals surface area contributed by atoms with Gasteiger partial charge in [-0.25, -0.2) is 0 Å². The Balaban J connectivity index is 1.33. The zero-order chi connectivity index (χ0) is 18.0. The van der Waals surface area contributed by atoms with E-state index in [1.807, 2.05) is 60.7 Å². The summed E-state index contributed by atoms with van der Waals surface area (Å²) in [6, 6.07) is 20.1. The van der Waals surface area contributed by atoms with Gasteiger partial charge in [0.15, 0.2) is 0 Å². The average molecular weight is 354 g/mol. The molecule has 2 fully saturated rings. The van der Waals surface area contributed by atoms with Gasteiger partial charge in [-0.2, -0.15) is 0 Å². The predicted molar refractivity (Wildman–Crippen MR) is 98.2 cm³/mol. The first-order chi connectivity index (χ1) is 12.7. The highest BCUT2D eigenvalue weighted by Crippen LogP contribution is 2.66.